The first-order valence-electron chi connectivity index (χ1n) is 6.28. The molecule has 2 heterocycles. The third kappa shape index (κ3) is 1.94. The summed E-state index contributed by atoms with van der Waals surface area (Å²) in [6.45, 7) is 0. The van der Waals surface area contributed by atoms with Gasteiger partial charge in [-0.15, -0.1) is 0 Å². The number of para-hydroxylation sites is 1. The van der Waals surface area contributed by atoms with Crippen LogP contribution >= 0.6 is 11.8 Å². The zero-order chi connectivity index (χ0) is 14.3. The summed E-state index contributed by atoms with van der Waals surface area (Å²) in [5, 5.41) is 1.87. The number of rotatable bonds is 1. The van der Waals surface area contributed by atoms with E-state index in [0.717, 1.165) is 21.6 Å². The molecular weight excluding hydrogens is 270 g/mol. The van der Waals surface area contributed by atoms with Gasteiger partial charge in [0.25, 0.3) is 5.91 Å². The van der Waals surface area contributed by atoms with Crippen LogP contribution in [-0.2, 0) is 11.8 Å². The number of fused-ring (bicyclic) bond motifs is 1. The third-order valence-corrected chi connectivity index (χ3v) is 4.16. The van der Waals surface area contributed by atoms with Crippen LogP contribution < -0.4 is 0 Å². The number of hydrogen-bond donors (Lipinski definition) is 0. The largest absolute Gasteiger partial charge is 0.350 e. The van der Waals surface area contributed by atoms with E-state index < -0.39 is 0 Å². The normalized spacial score (nSPS) is 17.4. The van der Waals surface area contributed by atoms with E-state index in [0.29, 0.717) is 5.70 Å². The van der Waals surface area contributed by atoms with Crippen LogP contribution in [0.4, 0.5) is 0 Å². The Morgan fingerprint density at radius 3 is 2.70 bits per heavy atom. The lowest BCUT2D eigenvalue weighted by molar-refractivity contribution is -0.121. The maximum absolute atomic E-state index is 12.1. The molecule has 0 bridgehead atoms. The number of amides is 1. The van der Waals surface area contributed by atoms with Gasteiger partial charge in [-0.2, -0.15) is 0 Å². The van der Waals surface area contributed by atoms with Crippen molar-refractivity contribution in [1.29, 1.82) is 0 Å². The van der Waals surface area contributed by atoms with Crippen LogP contribution in [0.3, 0.4) is 0 Å². The lowest BCUT2D eigenvalue weighted by atomic mass is 10.1. The van der Waals surface area contributed by atoms with Crippen molar-refractivity contribution in [3.05, 3.63) is 41.7 Å². The van der Waals surface area contributed by atoms with Gasteiger partial charge in [-0.3, -0.25) is 9.69 Å². The predicted molar refractivity (Wildman–Crippen MR) is 84.6 cm³/mol. The second-order valence-electron chi connectivity index (χ2n) is 4.70. The molecule has 2 aromatic rings. The molecule has 0 N–H and O–H groups in total. The Hall–Kier alpha value is -2.01. The Labute approximate surface area is 121 Å². The molecule has 0 unspecified atom stereocenters. The zero-order valence-electron chi connectivity index (χ0n) is 11.6. The number of aryl methyl sites for hydroxylation is 1. The summed E-state index contributed by atoms with van der Waals surface area (Å²) in [6, 6.07) is 8.14. The van der Waals surface area contributed by atoms with E-state index in [1.807, 2.05) is 37.7 Å². The van der Waals surface area contributed by atoms with Gasteiger partial charge in [0.2, 0.25) is 0 Å². The maximum atomic E-state index is 12.1. The fourth-order valence-electron chi connectivity index (χ4n) is 2.40. The number of nitrogens with zero attached hydrogens (tertiary/aromatic N) is 3. The fraction of sp³-hybridized carbons (Fsp3) is 0.200. The molecule has 1 amide bonds. The number of hydrogen-bond acceptors (Lipinski definition) is 3. The average Bonchev–Trinajstić information content (AvgIpc) is 2.92. The van der Waals surface area contributed by atoms with E-state index >= 15 is 0 Å². The molecule has 0 saturated carbocycles. The lowest BCUT2D eigenvalue weighted by Gasteiger charge is -2.07. The predicted octanol–water partition coefficient (Wildman–Crippen LogP) is 2.71. The molecule has 3 rings (SSSR count). The molecular formula is C15H15N3OS. The van der Waals surface area contributed by atoms with Crippen molar-refractivity contribution in [1.82, 2.24) is 9.47 Å². The van der Waals surface area contributed by atoms with Gasteiger partial charge in [-0.05, 0) is 18.4 Å². The van der Waals surface area contributed by atoms with E-state index in [1.165, 1.54) is 11.8 Å². The average molecular weight is 285 g/mol. The van der Waals surface area contributed by atoms with Crippen molar-refractivity contribution in [2.75, 3.05) is 13.3 Å². The van der Waals surface area contributed by atoms with Gasteiger partial charge in [-0.25, -0.2) is 4.99 Å². The molecule has 1 aliphatic rings. The van der Waals surface area contributed by atoms with E-state index in [9.17, 15) is 4.79 Å². The molecule has 102 valence electrons. The molecule has 0 aliphatic carbocycles. The summed E-state index contributed by atoms with van der Waals surface area (Å²) >= 11 is 1.48. The van der Waals surface area contributed by atoms with E-state index in [4.69, 9.17) is 0 Å². The summed E-state index contributed by atoms with van der Waals surface area (Å²) in [5.41, 5.74) is 2.66. The fourth-order valence-corrected chi connectivity index (χ4v) is 2.94. The van der Waals surface area contributed by atoms with Crippen LogP contribution in [-0.4, -0.2) is 33.8 Å². The molecule has 1 aromatic carbocycles. The monoisotopic (exact) mass is 285 g/mol. The smallest absolute Gasteiger partial charge is 0.278 e. The first-order valence-corrected chi connectivity index (χ1v) is 7.51. The van der Waals surface area contributed by atoms with Crippen molar-refractivity contribution in [2.45, 2.75) is 0 Å². The van der Waals surface area contributed by atoms with Gasteiger partial charge in [0, 0.05) is 36.8 Å². The standard InChI is InChI=1S/C15H15N3OS/c1-17-9-10(11-6-4-5-7-13(11)17)8-12-14(19)18(2)15(16-12)20-3/h4-9H,1-3H3. The minimum absolute atomic E-state index is 0.0534. The van der Waals surface area contributed by atoms with Gasteiger partial charge < -0.3 is 4.57 Å². The third-order valence-electron chi connectivity index (χ3n) is 3.43. The van der Waals surface area contributed by atoms with Crippen LogP contribution in [0.5, 0.6) is 0 Å². The number of aliphatic imine (C=N–C) groups is 1. The van der Waals surface area contributed by atoms with Crippen LogP contribution in [0.2, 0.25) is 0 Å². The Balaban J connectivity index is 2.12. The minimum Gasteiger partial charge on any atom is -0.350 e. The number of carbonyl (C=O) groups is 1. The first-order chi connectivity index (χ1) is 9.61. The maximum Gasteiger partial charge on any atom is 0.278 e. The number of thioether (sulfide) groups is 1. The second-order valence-corrected chi connectivity index (χ2v) is 5.48. The van der Waals surface area contributed by atoms with Crippen molar-refractivity contribution in [3.8, 4) is 0 Å². The quantitative estimate of drug-likeness (QED) is 0.756. The molecule has 0 radical (unpaired) electrons. The van der Waals surface area contributed by atoms with Gasteiger partial charge in [-0.1, -0.05) is 30.0 Å². The Morgan fingerprint density at radius 1 is 1.25 bits per heavy atom. The highest BCUT2D eigenvalue weighted by Gasteiger charge is 2.26. The van der Waals surface area contributed by atoms with Crippen molar-refractivity contribution >= 4 is 39.8 Å². The second kappa shape index (κ2) is 4.83. The number of amidine groups is 1. The summed E-state index contributed by atoms with van der Waals surface area (Å²) < 4.78 is 2.06. The molecule has 0 atom stereocenters. The Morgan fingerprint density at radius 2 is 2.00 bits per heavy atom. The lowest BCUT2D eigenvalue weighted by Crippen LogP contribution is -2.25. The summed E-state index contributed by atoms with van der Waals surface area (Å²) in [6.07, 6.45) is 5.81. The van der Waals surface area contributed by atoms with E-state index in [2.05, 4.69) is 21.7 Å². The van der Waals surface area contributed by atoms with Gasteiger partial charge in [0.1, 0.15) is 5.70 Å². The van der Waals surface area contributed by atoms with Gasteiger partial charge >= 0.3 is 0 Å². The van der Waals surface area contributed by atoms with Gasteiger partial charge in [0.15, 0.2) is 5.17 Å². The summed E-state index contributed by atoms with van der Waals surface area (Å²) in [7, 11) is 3.76. The molecule has 1 aliphatic heterocycles. The van der Waals surface area contributed by atoms with Crippen LogP contribution in [0, 0.1) is 0 Å². The van der Waals surface area contributed by atoms with Gasteiger partial charge in [0.05, 0.1) is 0 Å². The molecule has 1 aromatic heterocycles. The SMILES string of the molecule is CSC1=NC(=Cc2cn(C)c3ccccc23)C(=O)N1C. The summed E-state index contributed by atoms with van der Waals surface area (Å²) in [5.74, 6) is -0.0534. The Kier molecular flexibility index (Phi) is 3.14. The van der Waals surface area contributed by atoms with Crippen molar-refractivity contribution < 1.29 is 4.79 Å². The molecule has 0 saturated heterocycles. The molecule has 20 heavy (non-hydrogen) atoms. The highest BCUT2D eigenvalue weighted by Crippen LogP contribution is 2.26. The number of aromatic nitrogens is 1. The van der Waals surface area contributed by atoms with Crippen LogP contribution in [0.1, 0.15) is 5.56 Å². The highest BCUT2D eigenvalue weighted by atomic mass is 32.2. The summed E-state index contributed by atoms with van der Waals surface area (Å²) in [4.78, 5) is 18.1. The van der Waals surface area contributed by atoms with Crippen molar-refractivity contribution in [3.63, 3.8) is 0 Å². The Bertz CT molecular complexity index is 758. The highest BCUT2D eigenvalue weighted by molar-refractivity contribution is 8.13. The molecule has 5 heteroatoms. The molecule has 0 fully saturated rings. The van der Waals surface area contributed by atoms with E-state index in [-0.39, 0.29) is 5.91 Å². The van der Waals surface area contributed by atoms with Crippen LogP contribution in [0.15, 0.2) is 41.2 Å². The first kappa shape index (κ1) is 13.0. The zero-order valence-corrected chi connectivity index (χ0v) is 12.4. The molecule has 0 spiro atoms. The number of benzene rings is 1. The number of likely N-dealkylation sites (N-methyl/N-ethyl adjacent to an activating group) is 1. The van der Waals surface area contributed by atoms with Crippen LogP contribution in [0.25, 0.3) is 17.0 Å². The number of carbonyl (C=O) groups excluding carboxylic acids is 1. The minimum atomic E-state index is -0.0534. The van der Waals surface area contributed by atoms with Crippen molar-refractivity contribution in [2.24, 2.45) is 12.0 Å². The molecule has 4 nitrogen and oxygen atoms in total. The topological polar surface area (TPSA) is 37.6 Å². The van der Waals surface area contributed by atoms with E-state index in [1.54, 1.807) is 11.9 Å².